The Balaban J connectivity index is 2.83. The van der Waals surface area contributed by atoms with E-state index in [1.165, 1.54) is 0 Å². The lowest BCUT2D eigenvalue weighted by atomic mass is 10.3. The number of ether oxygens (including phenoxy) is 1. The van der Waals surface area contributed by atoms with Crippen molar-refractivity contribution in [2.24, 2.45) is 7.05 Å². The van der Waals surface area contributed by atoms with Crippen LogP contribution in [0.5, 0.6) is 5.88 Å². The molecular weight excluding hydrogens is 180 g/mol. The van der Waals surface area contributed by atoms with Crippen LogP contribution in [0.25, 0.3) is 10.9 Å². The van der Waals surface area contributed by atoms with E-state index in [4.69, 9.17) is 4.74 Å². The number of rotatable bonds is 2. The quantitative estimate of drug-likeness (QED) is 0.672. The van der Waals surface area contributed by atoms with Crippen LogP contribution < -0.4 is 4.74 Å². The molecule has 0 aliphatic carbocycles. The average Bonchev–Trinajstić information content (AvgIpc) is 2.55. The Hall–Kier alpha value is -1.84. The lowest BCUT2D eigenvalue weighted by Gasteiger charge is -2.00. The molecular formula is C10H10N2O2. The van der Waals surface area contributed by atoms with Crippen LogP contribution in [-0.4, -0.2) is 22.9 Å². The van der Waals surface area contributed by atoms with Crippen LogP contribution in [0.1, 0.15) is 10.5 Å². The fraction of sp³-hybridized carbons (Fsp3) is 0.200. The number of pyridine rings is 1. The molecule has 0 aliphatic heterocycles. The van der Waals surface area contributed by atoms with Gasteiger partial charge in [-0.15, -0.1) is 0 Å². The molecule has 0 N–H and O–H groups in total. The predicted molar refractivity (Wildman–Crippen MR) is 52.7 cm³/mol. The smallest absolute Gasteiger partial charge is 0.222 e. The first kappa shape index (κ1) is 8.74. The molecule has 14 heavy (non-hydrogen) atoms. The molecule has 2 heterocycles. The third kappa shape index (κ3) is 1.08. The first-order valence-corrected chi connectivity index (χ1v) is 4.21. The second-order valence-corrected chi connectivity index (χ2v) is 3.00. The van der Waals surface area contributed by atoms with Crippen molar-refractivity contribution >= 4 is 17.2 Å². The number of carbonyl (C=O) groups excluding carboxylic acids is 1. The zero-order chi connectivity index (χ0) is 10.1. The molecule has 0 aliphatic rings. The standard InChI is InChI=1S/C10H10N2O2/c1-12-7(6-13)5-8-9(12)3-4-11-10(8)14-2/h3-6H,1-2H3. The van der Waals surface area contributed by atoms with Crippen LogP contribution in [0.2, 0.25) is 0 Å². The van der Waals surface area contributed by atoms with Gasteiger partial charge in [-0.25, -0.2) is 4.98 Å². The van der Waals surface area contributed by atoms with Gasteiger partial charge in [0.15, 0.2) is 6.29 Å². The highest BCUT2D eigenvalue weighted by atomic mass is 16.5. The summed E-state index contributed by atoms with van der Waals surface area (Å²) in [4.78, 5) is 14.8. The Labute approximate surface area is 81.1 Å². The largest absolute Gasteiger partial charge is 0.481 e. The van der Waals surface area contributed by atoms with Crippen molar-refractivity contribution in [3.63, 3.8) is 0 Å². The number of aryl methyl sites for hydroxylation is 1. The fourth-order valence-electron chi connectivity index (χ4n) is 1.53. The molecule has 0 saturated heterocycles. The summed E-state index contributed by atoms with van der Waals surface area (Å²) in [6.07, 6.45) is 2.48. The van der Waals surface area contributed by atoms with E-state index in [0.717, 1.165) is 17.2 Å². The Bertz CT molecular complexity index is 488. The number of hydrogen-bond acceptors (Lipinski definition) is 3. The molecule has 0 aromatic carbocycles. The van der Waals surface area contributed by atoms with Gasteiger partial charge in [0.25, 0.3) is 0 Å². The van der Waals surface area contributed by atoms with E-state index < -0.39 is 0 Å². The van der Waals surface area contributed by atoms with Gasteiger partial charge in [-0.05, 0) is 12.1 Å². The Morgan fingerprint density at radius 1 is 1.57 bits per heavy atom. The minimum absolute atomic E-state index is 0.547. The van der Waals surface area contributed by atoms with E-state index in [0.29, 0.717) is 11.6 Å². The van der Waals surface area contributed by atoms with Gasteiger partial charge in [-0.1, -0.05) is 0 Å². The van der Waals surface area contributed by atoms with E-state index >= 15 is 0 Å². The van der Waals surface area contributed by atoms with Gasteiger partial charge in [0.2, 0.25) is 5.88 Å². The van der Waals surface area contributed by atoms with Gasteiger partial charge in [0, 0.05) is 13.2 Å². The SMILES string of the molecule is COc1nccc2c1cc(C=O)n2C. The molecule has 72 valence electrons. The van der Waals surface area contributed by atoms with Crippen LogP contribution in [0, 0.1) is 0 Å². The van der Waals surface area contributed by atoms with Gasteiger partial charge in [0.05, 0.1) is 23.7 Å². The van der Waals surface area contributed by atoms with Gasteiger partial charge in [0.1, 0.15) is 0 Å². The van der Waals surface area contributed by atoms with Crippen molar-refractivity contribution in [3.8, 4) is 5.88 Å². The maximum atomic E-state index is 10.7. The normalized spacial score (nSPS) is 10.4. The highest BCUT2D eigenvalue weighted by molar-refractivity contribution is 5.91. The molecule has 2 aromatic rings. The van der Waals surface area contributed by atoms with Gasteiger partial charge >= 0.3 is 0 Å². The number of hydrogen-bond donors (Lipinski definition) is 0. The Kier molecular flexibility index (Phi) is 1.96. The minimum atomic E-state index is 0.547. The second kappa shape index (κ2) is 3.14. The van der Waals surface area contributed by atoms with Crippen LogP contribution in [-0.2, 0) is 7.05 Å². The number of nitrogens with zero attached hydrogens (tertiary/aromatic N) is 2. The maximum absolute atomic E-state index is 10.7. The molecule has 0 amide bonds. The molecule has 2 aromatic heterocycles. The van der Waals surface area contributed by atoms with E-state index in [1.54, 1.807) is 19.4 Å². The summed E-state index contributed by atoms with van der Waals surface area (Å²) in [5, 5.41) is 0.861. The van der Waals surface area contributed by atoms with Crippen molar-refractivity contribution in [3.05, 3.63) is 24.0 Å². The topological polar surface area (TPSA) is 44.1 Å². The highest BCUT2D eigenvalue weighted by Crippen LogP contribution is 2.24. The summed E-state index contributed by atoms with van der Waals surface area (Å²) in [6.45, 7) is 0. The minimum Gasteiger partial charge on any atom is -0.481 e. The van der Waals surface area contributed by atoms with Crippen LogP contribution in [0.4, 0.5) is 0 Å². The van der Waals surface area contributed by atoms with Gasteiger partial charge in [-0.2, -0.15) is 0 Å². The van der Waals surface area contributed by atoms with Crippen LogP contribution in [0.15, 0.2) is 18.3 Å². The maximum Gasteiger partial charge on any atom is 0.222 e. The summed E-state index contributed by atoms with van der Waals surface area (Å²) in [5.41, 5.74) is 1.56. The zero-order valence-electron chi connectivity index (χ0n) is 8.02. The van der Waals surface area contributed by atoms with E-state index in [9.17, 15) is 4.79 Å². The molecule has 0 unspecified atom stereocenters. The third-order valence-electron chi connectivity index (χ3n) is 2.29. The molecule has 0 fully saturated rings. The van der Waals surface area contributed by atoms with Gasteiger partial charge in [-0.3, -0.25) is 4.79 Å². The molecule has 4 heteroatoms. The van der Waals surface area contributed by atoms with Crippen molar-refractivity contribution in [1.29, 1.82) is 0 Å². The number of fused-ring (bicyclic) bond motifs is 1. The fourth-order valence-corrected chi connectivity index (χ4v) is 1.53. The van der Waals surface area contributed by atoms with Crippen LogP contribution in [0.3, 0.4) is 0 Å². The summed E-state index contributed by atoms with van der Waals surface area (Å²) >= 11 is 0. The molecule has 2 rings (SSSR count). The van der Waals surface area contributed by atoms with Gasteiger partial charge < -0.3 is 9.30 Å². The molecule has 4 nitrogen and oxygen atoms in total. The number of carbonyl (C=O) groups is 1. The zero-order valence-corrected chi connectivity index (χ0v) is 8.02. The van der Waals surface area contributed by atoms with E-state index in [1.807, 2.05) is 17.7 Å². The summed E-state index contributed by atoms with van der Waals surface area (Å²) < 4.78 is 6.91. The summed E-state index contributed by atoms with van der Waals surface area (Å²) in [6, 6.07) is 3.62. The van der Waals surface area contributed by atoms with Crippen molar-refractivity contribution < 1.29 is 9.53 Å². The second-order valence-electron chi connectivity index (χ2n) is 3.00. The molecule has 0 atom stereocenters. The average molecular weight is 190 g/mol. The highest BCUT2D eigenvalue weighted by Gasteiger charge is 2.09. The van der Waals surface area contributed by atoms with Crippen molar-refractivity contribution in [2.45, 2.75) is 0 Å². The summed E-state index contributed by atoms with van der Waals surface area (Å²) in [5.74, 6) is 0.547. The summed E-state index contributed by atoms with van der Waals surface area (Å²) in [7, 11) is 3.40. The number of aromatic nitrogens is 2. The monoisotopic (exact) mass is 190 g/mol. The molecule has 0 saturated carbocycles. The molecule has 0 spiro atoms. The number of aldehydes is 1. The van der Waals surface area contributed by atoms with Crippen molar-refractivity contribution in [2.75, 3.05) is 7.11 Å². The van der Waals surface area contributed by atoms with Crippen LogP contribution >= 0.6 is 0 Å². The molecule has 0 bridgehead atoms. The Morgan fingerprint density at radius 3 is 3.00 bits per heavy atom. The third-order valence-corrected chi connectivity index (χ3v) is 2.29. The number of methoxy groups -OCH3 is 1. The lowest BCUT2D eigenvalue weighted by Crippen LogP contribution is -1.93. The Morgan fingerprint density at radius 2 is 2.36 bits per heavy atom. The van der Waals surface area contributed by atoms with E-state index in [2.05, 4.69) is 4.98 Å². The lowest BCUT2D eigenvalue weighted by molar-refractivity contribution is 0.111. The first-order valence-electron chi connectivity index (χ1n) is 4.21. The molecule has 0 radical (unpaired) electrons. The first-order chi connectivity index (χ1) is 6.77. The van der Waals surface area contributed by atoms with Crippen molar-refractivity contribution in [1.82, 2.24) is 9.55 Å². The van der Waals surface area contributed by atoms with E-state index in [-0.39, 0.29) is 0 Å². The predicted octanol–water partition coefficient (Wildman–Crippen LogP) is 1.39.